The van der Waals surface area contributed by atoms with Crippen LogP contribution in [0.25, 0.3) is 0 Å². The second-order valence-corrected chi connectivity index (χ2v) is 7.13. The van der Waals surface area contributed by atoms with E-state index >= 15 is 0 Å². The Bertz CT molecular complexity index is 608. The molecule has 0 spiro atoms. The van der Waals surface area contributed by atoms with Gasteiger partial charge in [0.2, 0.25) is 5.91 Å². The van der Waals surface area contributed by atoms with Crippen LogP contribution in [0.3, 0.4) is 0 Å². The van der Waals surface area contributed by atoms with Crippen molar-refractivity contribution in [2.75, 3.05) is 38.0 Å². The first kappa shape index (κ1) is 17.0. The lowest BCUT2D eigenvalue weighted by molar-refractivity contribution is -0.895. The quantitative estimate of drug-likeness (QED) is 0.829. The molecule has 2 N–H and O–H groups in total. The maximum Gasteiger partial charge on any atom is 0.279 e. The standard InChI is InChI=1S/C19H27N3O2/c1-3-15-6-4-5-7-17(15)20-18(23)13-21-8-10-22(11-9-21)19(24)16-12-14(16)2/h4-7,14,16H,3,8-13H2,1-2H3,(H,20,23)/p+1/t14-,16-/m1/s1. The molecule has 0 aromatic heterocycles. The largest absolute Gasteiger partial charge is 0.331 e. The van der Waals surface area contributed by atoms with Crippen molar-refractivity contribution >= 4 is 17.5 Å². The van der Waals surface area contributed by atoms with Crippen LogP contribution >= 0.6 is 0 Å². The fraction of sp³-hybridized carbons (Fsp3) is 0.579. The van der Waals surface area contributed by atoms with Gasteiger partial charge in [0.15, 0.2) is 6.54 Å². The molecule has 5 nitrogen and oxygen atoms in total. The first-order valence-corrected chi connectivity index (χ1v) is 9.08. The number of para-hydroxylation sites is 1. The number of quaternary nitrogens is 1. The van der Waals surface area contributed by atoms with Gasteiger partial charge < -0.3 is 15.1 Å². The number of aryl methyl sites for hydroxylation is 1. The van der Waals surface area contributed by atoms with Crippen molar-refractivity contribution in [1.29, 1.82) is 0 Å². The Balaban J connectivity index is 1.45. The topological polar surface area (TPSA) is 53.9 Å². The summed E-state index contributed by atoms with van der Waals surface area (Å²) >= 11 is 0. The molecule has 1 saturated heterocycles. The van der Waals surface area contributed by atoms with Gasteiger partial charge in [-0.1, -0.05) is 32.0 Å². The van der Waals surface area contributed by atoms with Crippen molar-refractivity contribution in [2.24, 2.45) is 11.8 Å². The van der Waals surface area contributed by atoms with E-state index in [4.69, 9.17) is 0 Å². The Kier molecular flexibility index (Phi) is 5.19. The maximum absolute atomic E-state index is 12.3. The second-order valence-electron chi connectivity index (χ2n) is 7.13. The summed E-state index contributed by atoms with van der Waals surface area (Å²) in [5.41, 5.74) is 2.08. The zero-order valence-corrected chi connectivity index (χ0v) is 14.7. The first-order valence-electron chi connectivity index (χ1n) is 9.08. The molecule has 1 aliphatic carbocycles. The predicted molar refractivity (Wildman–Crippen MR) is 93.9 cm³/mol. The van der Waals surface area contributed by atoms with Crippen LogP contribution in [0.1, 0.15) is 25.8 Å². The van der Waals surface area contributed by atoms with Gasteiger partial charge in [0, 0.05) is 11.6 Å². The minimum absolute atomic E-state index is 0.0569. The minimum atomic E-state index is 0.0569. The number of rotatable bonds is 5. The normalized spacial score (nSPS) is 23.8. The van der Waals surface area contributed by atoms with Crippen molar-refractivity contribution in [1.82, 2.24) is 4.90 Å². The summed E-state index contributed by atoms with van der Waals surface area (Å²) in [7, 11) is 0. The Morgan fingerprint density at radius 3 is 2.54 bits per heavy atom. The molecule has 24 heavy (non-hydrogen) atoms. The Morgan fingerprint density at radius 2 is 1.92 bits per heavy atom. The molecule has 5 heteroatoms. The molecular weight excluding hydrogens is 302 g/mol. The van der Waals surface area contributed by atoms with Gasteiger partial charge in [0.05, 0.1) is 26.2 Å². The molecule has 2 amide bonds. The fourth-order valence-corrected chi connectivity index (χ4v) is 3.49. The zero-order valence-electron chi connectivity index (χ0n) is 14.7. The van der Waals surface area contributed by atoms with E-state index in [2.05, 4.69) is 19.2 Å². The molecule has 1 heterocycles. The Labute approximate surface area is 144 Å². The van der Waals surface area contributed by atoms with Crippen LogP contribution in [0.5, 0.6) is 0 Å². The predicted octanol–water partition coefficient (Wildman–Crippen LogP) is 0.571. The van der Waals surface area contributed by atoms with Crippen molar-refractivity contribution in [3.8, 4) is 0 Å². The molecule has 1 aromatic rings. The number of nitrogens with one attached hydrogen (secondary N) is 2. The summed E-state index contributed by atoms with van der Waals surface area (Å²) in [6, 6.07) is 7.95. The van der Waals surface area contributed by atoms with E-state index in [0.717, 1.165) is 50.3 Å². The Morgan fingerprint density at radius 1 is 1.25 bits per heavy atom. The average Bonchev–Trinajstić information content (AvgIpc) is 3.32. The number of carbonyl (C=O) groups is 2. The highest BCUT2D eigenvalue weighted by atomic mass is 16.2. The number of hydrogen-bond acceptors (Lipinski definition) is 2. The van der Waals surface area contributed by atoms with Crippen molar-refractivity contribution < 1.29 is 14.5 Å². The number of carbonyl (C=O) groups excluding carboxylic acids is 2. The lowest BCUT2D eigenvalue weighted by Crippen LogP contribution is -3.15. The van der Waals surface area contributed by atoms with Gasteiger partial charge in [-0.25, -0.2) is 0 Å². The monoisotopic (exact) mass is 330 g/mol. The van der Waals surface area contributed by atoms with E-state index in [1.54, 1.807) is 0 Å². The molecule has 0 unspecified atom stereocenters. The van der Waals surface area contributed by atoms with Crippen LogP contribution < -0.4 is 10.2 Å². The maximum atomic E-state index is 12.3. The van der Waals surface area contributed by atoms with Crippen molar-refractivity contribution in [3.63, 3.8) is 0 Å². The van der Waals surface area contributed by atoms with Crippen LogP contribution in [0.4, 0.5) is 5.69 Å². The lowest BCUT2D eigenvalue weighted by Gasteiger charge is -2.32. The molecule has 1 aromatic carbocycles. The summed E-state index contributed by atoms with van der Waals surface area (Å²) in [6.45, 7) is 7.97. The zero-order chi connectivity index (χ0) is 17.1. The van der Waals surface area contributed by atoms with Gasteiger partial charge in [0.1, 0.15) is 0 Å². The summed E-state index contributed by atoms with van der Waals surface area (Å²) in [5.74, 6) is 1.21. The molecule has 130 valence electrons. The summed E-state index contributed by atoms with van der Waals surface area (Å²) in [4.78, 5) is 27.8. The highest BCUT2D eigenvalue weighted by molar-refractivity contribution is 5.92. The van der Waals surface area contributed by atoms with Gasteiger partial charge in [0.25, 0.3) is 5.91 Å². The van der Waals surface area contributed by atoms with E-state index < -0.39 is 0 Å². The van der Waals surface area contributed by atoms with E-state index in [-0.39, 0.29) is 11.8 Å². The molecule has 1 saturated carbocycles. The van der Waals surface area contributed by atoms with Gasteiger partial charge in [-0.05, 0) is 30.4 Å². The highest BCUT2D eigenvalue weighted by Crippen LogP contribution is 2.39. The number of anilines is 1. The van der Waals surface area contributed by atoms with E-state index in [1.807, 2.05) is 29.2 Å². The van der Waals surface area contributed by atoms with Crippen LogP contribution in [0.2, 0.25) is 0 Å². The third kappa shape index (κ3) is 3.96. The molecule has 3 rings (SSSR count). The number of amides is 2. The minimum Gasteiger partial charge on any atom is -0.331 e. The van der Waals surface area contributed by atoms with Crippen LogP contribution in [0.15, 0.2) is 24.3 Å². The van der Waals surface area contributed by atoms with Crippen LogP contribution in [-0.2, 0) is 16.0 Å². The van der Waals surface area contributed by atoms with E-state index in [1.165, 1.54) is 4.90 Å². The van der Waals surface area contributed by atoms with E-state index in [9.17, 15) is 9.59 Å². The molecule has 0 bridgehead atoms. The SMILES string of the molecule is CCc1ccccc1NC(=O)C[NH+]1CCN(C(=O)[C@@H]2C[C@H]2C)CC1. The molecule has 2 atom stereocenters. The Hall–Kier alpha value is -1.88. The number of piperazine rings is 1. The van der Waals surface area contributed by atoms with Gasteiger partial charge in [-0.15, -0.1) is 0 Å². The number of benzene rings is 1. The molecular formula is C19H28N3O2+. The average molecular weight is 330 g/mol. The van der Waals surface area contributed by atoms with Crippen molar-refractivity contribution in [3.05, 3.63) is 29.8 Å². The van der Waals surface area contributed by atoms with Crippen LogP contribution in [0, 0.1) is 11.8 Å². The fourth-order valence-electron chi connectivity index (χ4n) is 3.49. The van der Waals surface area contributed by atoms with Gasteiger partial charge in [-0.3, -0.25) is 9.59 Å². The third-order valence-electron chi connectivity index (χ3n) is 5.29. The molecule has 0 radical (unpaired) electrons. The first-order chi connectivity index (χ1) is 11.6. The van der Waals surface area contributed by atoms with Crippen LogP contribution in [-0.4, -0.2) is 49.4 Å². The van der Waals surface area contributed by atoms with Crippen molar-refractivity contribution in [2.45, 2.75) is 26.7 Å². The summed E-state index contributed by atoms with van der Waals surface area (Å²) in [5, 5.41) is 3.04. The lowest BCUT2D eigenvalue weighted by atomic mass is 10.1. The summed E-state index contributed by atoms with van der Waals surface area (Å²) in [6.07, 6.45) is 1.95. The third-order valence-corrected chi connectivity index (χ3v) is 5.29. The second kappa shape index (κ2) is 7.34. The number of nitrogens with zero attached hydrogens (tertiary/aromatic N) is 1. The number of hydrogen-bond donors (Lipinski definition) is 2. The highest BCUT2D eigenvalue weighted by Gasteiger charge is 2.42. The summed E-state index contributed by atoms with van der Waals surface area (Å²) < 4.78 is 0. The van der Waals surface area contributed by atoms with Gasteiger partial charge in [-0.2, -0.15) is 0 Å². The molecule has 2 fully saturated rings. The van der Waals surface area contributed by atoms with E-state index in [0.29, 0.717) is 18.4 Å². The smallest absolute Gasteiger partial charge is 0.279 e. The molecule has 1 aliphatic heterocycles. The van der Waals surface area contributed by atoms with Gasteiger partial charge >= 0.3 is 0 Å². The molecule has 2 aliphatic rings.